The number of carboxylic acids is 1. The average molecular weight is 521 g/mol. The van der Waals surface area contributed by atoms with E-state index in [-0.39, 0.29) is 22.9 Å². The predicted molar refractivity (Wildman–Crippen MR) is 146 cm³/mol. The number of hydrazine groups is 1. The van der Waals surface area contributed by atoms with Crippen LogP contribution in [0.4, 0.5) is 5.69 Å². The van der Waals surface area contributed by atoms with Crippen molar-refractivity contribution >= 4 is 23.1 Å². The second kappa shape index (κ2) is 12.5. The van der Waals surface area contributed by atoms with Crippen LogP contribution in [0.5, 0.6) is 17.4 Å². The number of nitrogens with one attached hydrogen (secondary N) is 3. The summed E-state index contributed by atoms with van der Waals surface area (Å²) < 4.78 is 15.6. The molecule has 0 radical (unpaired) electrons. The first-order chi connectivity index (χ1) is 18.2. The summed E-state index contributed by atoms with van der Waals surface area (Å²) in [6, 6.07) is 6.61. The van der Waals surface area contributed by atoms with Crippen LogP contribution in [-0.2, 0) is 0 Å². The smallest absolute Gasteiger partial charge is 0.341 e. The third-order valence-electron chi connectivity index (χ3n) is 5.69. The molecule has 3 rings (SSSR count). The van der Waals surface area contributed by atoms with Crippen LogP contribution in [0.15, 0.2) is 73.5 Å². The quantitative estimate of drug-likeness (QED) is 0.0862. The minimum absolute atomic E-state index is 0.0524. The van der Waals surface area contributed by atoms with Gasteiger partial charge >= 0.3 is 5.97 Å². The number of nitrogens with two attached hydrogens (primary N) is 1. The van der Waals surface area contributed by atoms with Gasteiger partial charge in [-0.25, -0.2) is 15.6 Å². The number of carboxylic acid groups (broad SMARTS) is 1. The molecule has 1 saturated carbocycles. The van der Waals surface area contributed by atoms with Gasteiger partial charge in [-0.1, -0.05) is 18.7 Å². The number of aromatic nitrogens is 1. The Hall–Kier alpha value is -4.77. The van der Waals surface area contributed by atoms with Crippen LogP contribution >= 0.6 is 0 Å². The molecule has 1 aromatic carbocycles. The van der Waals surface area contributed by atoms with Crippen LogP contribution in [0, 0.1) is 11.3 Å². The number of allylic oxidation sites excluding steroid dienone is 2. The minimum atomic E-state index is -1.22. The number of benzene rings is 1. The summed E-state index contributed by atoms with van der Waals surface area (Å²) in [5.41, 5.74) is 1.98. The zero-order valence-corrected chi connectivity index (χ0v) is 21.6. The van der Waals surface area contributed by atoms with E-state index in [2.05, 4.69) is 28.8 Å². The molecule has 1 fully saturated rings. The third-order valence-corrected chi connectivity index (χ3v) is 5.69. The number of anilines is 1. The van der Waals surface area contributed by atoms with Gasteiger partial charge < -0.3 is 30.0 Å². The van der Waals surface area contributed by atoms with E-state index in [0.717, 1.165) is 23.4 Å². The van der Waals surface area contributed by atoms with Crippen molar-refractivity contribution in [2.24, 2.45) is 11.8 Å². The van der Waals surface area contributed by atoms with Crippen LogP contribution in [0.3, 0.4) is 0 Å². The van der Waals surface area contributed by atoms with Gasteiger partial charge in [-0.2, -0.15) is 0 Å². The van der Waals surface area contributed by atoms with Crippen molar-refractivity contribution in [3.63, 3.8) is 0 Å². The summed E-state index contributed by atoms with van der Waals surface area (Å²) in [4.78, 5) is 15.9. The summed E-state index contributed by atoms with van der Waals surface area (Å²) in [5, 5.41) is 25.5. The third kappa shape index (κ3) is 7.14. The summed E-state index contributed by atoms with van der Waals surface area (Å²) in [6.07, 6.45) is 8.36. The fraction of sp³-hybridized carbons (Fsp3) is 0.222. The molecule has 1 aliphatic carbocycles. The number of pyridine rings is 1. The van der Waals surface area contributed by atoms with E-state index in [1.165, 1.54) is 25.6 Å². The van der Waals surface area contributed by atoms with Crippen molar-refractivity contribution in [2.45, 2.75) is 12.8 Å². The Morgan fingerprint density at radius 2 is 1.82 bits per heavy atom. The minimum Gasteiger partial charge on any atom is -0.497 e. The molecule has 2 aromatic rings. The number of hydrogen-bond acceptors (Lipinski definition) is 9. The lowest BCUT2D eigenvalue weighted by molar-refractivity contribution is 0.0692. The van der Waals surface area contributed by atoms with Crippen LogP contribution in [0.2, 0.25) is 0 Å². The van der Waals surface area contributed by atoms with Gasteiger partial charge in [0.2, 0.25) is 5.88 Å². The summed E-state index contributed by atoms with van der Waals surface area (Å²) >= 11 is 0. The van der Waals surface area contributed by atoms with Crippen molar-refractivity contribution in [1.29, 1.82) is 5.41 Å². The van der Waals surface area contributed by atoms with Crippen LogP contribution in [0.25, 0.3) is 5.57 Å². The Balaban J connectivity index is 1.90. The lowest BCUT2D eigenvalue weighted by atomic mass is 10.1. The lowest BCUT2D eigenvalue weighted by Gasteiger charge is -2.19. The first kappa shape index (κ1) is 27.8. The Kier molecular flexibility index (Phi) is 9.12. The molecule has 0 aliphatic heterocycles. The zero-order valence-electron chi connectivity index (χ0n) is 21.6. The van der Waals surface area contributed by atoms with Crippen molar-refractivity contribution in [1.82, 2.24) is 15.3 Å². The summed E-state index contributed by atoms with van der Waals surface area (Å²) in [7, 11) is 4.43. The normalized spacial score (nSPS) is 13.0. The number of nitrogens with zero attached hydrogens (tertiary/aromatic N) is 2. The van der Waals surface area contributed by atoms with E-state index < -0.39 is 5.97 Å². The molecule has 1 aliphatic rings. The maximum Gasteiger partial charge on any atom is 0.341 e. The number of hydrogen-bond donors (Lipinski definition) is 5. The molecule has 1 aromatic heterocycles. The van der Waals surface area contributed by atoms with Gasteiger partial charge in [-0.3, -0.25) is 10.4 Å². The molecule has 0 bridgehead atoms. The van der Waals surface area contributed by atoms with Crippen molar-refractivity contribution in [2.75, 3.05) is 26.6 Å². The Morgan fingerprint density at radius 3 is 2.37 bits per heavy atom. The Labute approximate surface area is 221 Å². The topological polar surface area (TPSA) is 155 Å². The van der Waals surface area contributed by atoms with E-state index >= 15 is 0 Å². The van der Waals surface area contributed by atoms with Crippen molar-refractivity contribution < 1.29 is 24.1 Å². The summed E-state index contributed by atoms with van der Waals surface area (Å²) in [5.74, 6) is 6.72. The van der Waals surface area contributed by atoms with Crippen LogP contribution < -0.4 is 30.7 Å². The highest BCUT2D eigenvalue weighted by atomic mass is 16.5. The number of ether oxygens (including phenoxy) is 3. The fourth-order valence-electron chi connectivity index (χ4n) is 3.43. The number of carbonyl (C=O) groups is 1. The molecule has 0 spiro atoms. The molecule has 11 heteroatoms. The number of aromatic carboxylic acids is 1. The maximum absolute atomic E-state index is 11.8. The Morgan fingerprint density at radius 1 is 1.16 bits per heavy atom. The van der Waals surface area contributed by atoms with Crippen molar-refractivity contribution in [3.05, 3.63) is 84.6 Å². The monoisotopic (exact) mass is 520 g/mol. The van der Waals surface area contributed by atoms with Gasteiger partial charge in [0.1, 0.15) is 22.9 Å². The van der Waals surface area contributed by atoms with Gasteiger partial charge in [0.05, 0.1) is 27.2 Å². The molecule has 0 amide bonds. The molecular formula is C27H32N6O5. The maximum atomic E-state index is 11.8. The first-order valence-corrected chi connectivity index (χ1v) is 11.6. The molecule has 0 atom stereocenters. The lowest BCUT2D eigenvalue weighted by Crippen LogP contribution is -2.33. The van der Waals surface area contributed by atoms with E-state index in [1.54, 1.807) is 44.7 Å². The number of rotatable bonds is 13. The summed E-state index contributed by atoms with van der Waals surface area (Å²) in [6.45, 7) is 8.00. The van der Waals surface area contributed by atoms with Gasteiger partial charge in [0, 0.05) is 53.6 Å². The van der Waals surface area contributed by atoms with Gasteiger partial charge in [0.15, 0.2) is 0 Å². The van der Waals surface area contributed by atoms with Crippen molar-refractivity contribution in [3.8, 4) is 17.4 Å². The second-order valence-electron chi connectivity index (χ2n) is 8.41. The standard InChI is InChI=1S/C27H32N6O5/c1-16(18-6-7-18)8-9-33(29)25(28)24(19-10-23(27(34)35)26(38-5)31-14-19)15-30-17(2)32-20-11-21(36-3)13-22(12-20)37-4/h8-15,18,28,30,32H,1-2,6-7,29H2,3-5H3,(H,34,35)/b9-8-,24-15?,28-25?. The van der Waals surface area contributed by atoms with Crippen LogP contribution in [-0.4, -0.2) is 48.2 Å². The second-order valence-corrected chi connectivity index (χ2v) is 8.41. The predicted octanol–water partition coefficient (Wildman–Crippen LogP) is 3.95. The zero-order chi connectivity index (χ0) is 27.8. The Bertz CT molecular complexity index is 1280. The highest BCUT2D eigenvalue weighted by Gasteiger charge is 2.23. The largest absolute Gasteiger partial charge is 0.497 e. The number of amidine groups is 1. The highest BCUT2D eigenvalue weighted by Crippen LogP contribution is 2.36. The molecule has 0 saturated heterocycles. The molecule has 200 valence electrons. The van der Waals surface area contributed by atoms with E-state index in [0.29, 0.717) is 34.5 Å². The highest BCUT2D eigenvalue weighted by molar-refractivity contribution is 6.21. The van der Waals surface area contributed by atoms with Gasteiger partial charge in [0.25, 0.3) is 0 Å². The van der Waals surface area contributed by atoms with Gasteiger partial charge in [-0.15, -0.1) is 0 Å². The molecule has 11 nitrogen and oxygen atoms in total. The number of methoxy groups -OCH3 is 3. The van der Waals surface area contributed by atoms with Gasteiger partial charge in [-0.05, 0) is 30.9 Å². The SMILES string of the molecule is C=C(NC=C(C(=N)N(N)/C=C\C(=C)C1CC1)c1cnc(OC)c(C(=O)O)c1)Nc1cc(OC)cc(OC)c1. The molecule has 0 unspecified atom stereocenters. The molecule has 1 heterocycles. The molecule has 38 heavy (non-hydrogen) atoms. The first-order valence-electron chi connectivity index (χ1n) is 11.6. The van der Waals surface area contributed by atoms with Crippen LogP contribution in [0.1, 0.15) is 28.8 Å². The van der Waals surface area contributed by atoms with E-state index in [9.17, 15) is 9.90 Å². The average Bonchev–Trinajstić information content (AvgIpc) is 3.76. The van der Waals surface area contributed by atoms with E-state index in [4.69, 9.17) is 25.5 Å². The van der Waals surface area contributed by atoms with E-state index in [1.807, 2.05) is 0 Å². The fourth-order valence-corrected chi connectivity index (χ4v) is 3.43. The molecule has 6 N–H and O–H groups in total. The molecular weight excluding hydrogens is 488 g/mol.